The molecule has 3 aromatic rings. The molecule has 4 rings (SSSR count). The number of rotatable bonds is 6. The zero-order valence-electron chi connectivity index (χ0n) is 17.5. The second-order valence-corrected chi connectivity index (χ2v) is 10.4. The van der Waals surface area contributed by atoms with Gasteiger partial charge in [0.2, 0.25) is 10.0 Å². The van der Waals surface area contributed by atoms with Crippen molar-refractivity contribution >= 4 is 32.5 Å². The van der Waals surface area contributed by atoms with Crippen molar-refractivity contribution in [2.75, 3.05) is 13.1 Å². The average molecular weight is 447 g/mol. The molecule has 1 aromatic heterocycles. The van der Waals surface area contributed by atoms with E-state index in [1.807, 2.05) is 32.0 Å². The van der Waals surface area contributed by atoms with Crippen LogP contribution in [0.2, 0.25) is 5.02 Å². The minimum Gasteiger partial charge on any atom is -0.491 e. The lowest BCUT2D eigenvalue weighted by atomic mass is 9.98. The molecule has 1 aliphatic heterocycles. The number of ether oxygens (including phenoxy) is 1. The van der Waals surface area contributed by atoms with Crippen molar-refractivity contribution in [3.8, 4) is 5.75 Å². The molecule has 160 valence electrons. The molecular formula is C23H27ClN2O3S. The van der Waals surface area contributed by atoms with Crippen molar-refractivity contribution in [2.45, 2.75) is 50.7 Å². The van der Waals surface area contributed by atoms with Gasteiger partial charge in [0, 0.05) is 47.7 Å². The van der Waals surface area contributed by atoms with Crippen molar-refractivity contribution in [1.82, 2.24) is 8.87 Å². The predicted molar refractivity (Wildman–Crippen MR) is 121 cm³/mol. The second-order valence-electron chi connectivity index (χ2n) is 8.02. The van der Waals surface area contributed by atoms with E-state index in [0.29, 0.717) is 28.8 Å². The van der Waals surface area contributed by atoms with E-state index in [9.17, 15) is 8.42 Å². The molecular weight excluding hydrogens is 420 g/mol. The van der Waals surface area contributed by atoms with Gasteiger partial charge in [0.05, 0.1) is 11.0 Å². The molecule has 0 spiro atoms. The van der Waals surface area contributed by atoms with Crippen LogP contribution in [0.4, 0.5) is 0 Å². The smallest absolute Gasteiger partial charge is 0.243 e. The lowest BCUT2D eigenvalue weighted by Crippen LogP contribution is -2.28. The normalized spacial score (nSPS) is 17.8. The molecule has 0 amide bonds. The molecule has 0 saturated carbocycles. The third-order valence-corrected chi connectivity index (χ3v) is 7.75. The van der Waals surface area contributed by atoms with Crippen LogP contribution in [0.5, 0.6) is 5.75 Å². The molecule has 2 aromatic carbocycles. The van der Waals surface area contributed by atoms with Gasteiger partial charge in [-0.1, -0.05) is 11.6 Å². The van der Waals surface area contributed by atoms with Crippen LogP contribution in [-0.2, 0) is 16.6 Å². The highest BCUT2D eigenvalue weighted by Gasteiger charge is 2.34. The summed E-state index contributed by atoms with van der Waals surface area (Å²) < 4.78 is 35.8. The van der Waals surface area contributed by atoms with Gasteiger partial charge < -0.3 is 9.30 Å². The van der Waals surface area contributed by atoms with Crippen LogP contribution in [0.25, 0.3) is 10.9 Å². The standard InChI is InChI=1S/C23H27ClN2O3S/c1-4-25-15-22(21-13-18(24)5-10-23(21)25)17-11-12-26(14-17)30(27,28)20-8-6-19(7-9-20)29-16(2)3/h5-10,13,15-17H,4,11-12,14H2,1-3H3. The van der Waals surface area contributed by atoms with Crippen molar-refractivity contribution in [3.63, 3.8) is 0 Å². The molecule has 0 radical (unpaired) electrons. The van der Waals surface area contributed by atoms with E-state index in [1.54, 1.807) is 28.6 Å². The Labute approximate surface area is 183 Å². The van der Waals surface area contributed by atoms with E-state index < -0.39 is 10.0 Å². The Morgan fingerprint density at radius 3 is 2.57 bits per heavy atom. The minimum atomic E-state index is -3.54. The fourth-order valence-corrected chi connectivity index (χ4v) is 5.87. The van der Waals surface area contributed by atoms with Gasteiger partial charge >= 0.3 is 0 Å². The number of sulfonamides is 1. The topological polar surface area (TPSA) is 51.5 Å². The van der Waals surface area contributed by atoms with E-state index in [1.165, 1.54) is 5.56 Å². The van der Waals surface area contributed by atoms with E-state index in [-0.39, 0.29) is 12.0 Å². The van der Waals surface area contributed by atoms with Crippen LogP contribution in [0, 0.1) is 0 Å². The van der Waals surface area contributed by atoms with Gasteiger partial charge in [-0.15, -0.1) is 0 Å². The van der Waals surface area contributed by atoms with E-state index in [2.05, 4.69) is 17.7 Å². The van der Waals surface area contributed by atoms with Crippen molar-refractivity contribution < 1.29 is 13.2 Å². The number of aryl methyl sites for hydroxylation is 1. The fourth-order valence-electron chi connectivity index (χ4n) is 4.20. The molecule has 1 unspecified atom stereocenters. The zero-order chi connectivity index (χ0) is 21.5. The summed E-state index contributed by atoms with van der Waals surface area (Å²) in [6.45, 7) is 7.83. The Kier molecular flexibility index (Phi) is 5.84. The van der Waals surface area contributed by atoms with Crippen molar-refractivity contribution in [3.05, 3.63) is 59.2 Å². The lowest BCUT2D eigenvalue weighted by molar-refractivity contribution is 0.242. The first kappa shape index (κ1) is 21.2. The zero-order valence-corrected chi connectivity index (χ0v) is 19.1. The summed E-state index contributed by atoms with van der Waals surface area (Å²) in [5.74, 6) is 0.824. The monoisotopic (exact) mass is 446 g/mol. The first-order chi connectivity index (χ1) is 14.3. The molecule has 7 heteroatoms. The Morgan fingerprint density at radius 2 is 1.90 bits per heavy atom. The molecule has 0 aliphatic carbocycles. The van der Waals surface area contributed by atoms with Gasteiger partial charge in [-0.05, 0) is 75.2 Å². The van der Waals surface area contributed by atoms with Gasteiger partial charge in [-0.3, -0.25) is 0 Å². The Hall–Kier alpha value is -2.02. The number of benzene rings is 2. The van der Waals surface area contributed by atoms with Crippen LogP contribution in [-0.4, -0.2) is 36.5 Å². The quantitative estimate of drug-likeness (QED) is 0.517. The first-order valence-electron chi connectivity index (χ1n) is 10.3. The predicted octanol–water partition coefficient (Wildman–Crippen LogP) is 5.28. The first-order valence-corrected chi connectivity index (χ1v) is 12.2. The number of hydrogen-bond acceptors (Lipinski definition) is 3. The second kappa shape index (κ2) is 8.25. The van der Waals surface area contributed by atoms with Crippen LogP contribution >= 0.6 is 11.6 Å². The summed E-state index contributed by atoms with van der Waals surface area (Å²) >= 11 is 6.25. The van der Waals surface area contributed by atoms with Crippen LogP contribution < -0.4 is 4.74 Å². The molecule has 1 atom stereocenters. The highest BCUT2D eigenvalue weighted by atomic mass is 35.5. The van der Waals surface area contributed by atoms with Crippen molar-refractivity contribution in [2.24, 2.45) is 0 Å². The summed E-state index contributed by atoms with van der Waals surface area (Å²) in [5, 5.41) is 1.81. The van der Waals surface area contributed by atoms with Crippen LogP contribution in [0.1, 0.15) is 38.7 Å². The molecule has 1 aliphatic rings. The van der Waals surface area contributed by atoms with Gasteiger partial charge in [-0.25, -0.2) is 8.42 Å². The van der Waals surface area contributed by atoms with E-state index in [4.69, 9.17) is 16.3 Å². The third-order valence-electron chi connectivity index (χ3n) is 5.64. The maximum absolute atomic E-state index is 13.2. The molecule has 5 nitrogen and oxygen atoms in total. The number of nitrogens with zero attached hydrogens (tertiary/aromatic N) is 2. The summed E-state index contributed by atoms with van der Waals surface area (Å²) in [6.07, 6.45) is 2.99. The number of aromatic nitrogens is 1. The lowest BCUT2D eigenvalue weighted by Gasteiger charge is -2.17. The third kappa shape index (κ3) is 3.96. The molecule has 1 fully saturated rings. The summed E-state index contributed by atoms with van der Waals surface area (Å²) in [5.41, 5.74) is 2.31. The number of halogens is 1. The molecule has 30 heavy (non-hydrogen) atoms. The fraction of sp³-hybridized carbons (Fsp3) is 0.391. The maximum Gasteiger partial charge on any atom is 0.243 e. The summed E-state index contributed by atoms with van der Waals surface area (Å²) in [4.78, 5) is 0.304. The SMILES string of the molecule is CCn1cc(C2CCN(S(=O)(=O)c3ccc(OC(C)C)cc3)C2)c2cc(Cl)ccc21. The highest BCUT2D eigenvalue weighted by molar-refractivity contribution is 7.89. The van der Waals surface area contributed by atoms with Gasteiger partial charge in [0.1, 0.15) is 5.75 Å². The molecule has 1 saturated heterocycles. The van der Waals surface area contributed by atoms with Crippen molar-refractivity contribution in [1.29, 1.82) is 0 Å². The Bertz CT molecular complexity index is 1150. The van der Waals surface area contributed by atoms with E-state index in [0.717, 1.165) is 23.9 Å². The molecule has 0 bridgehead atoms. The molecule has 0 N–H and O–H groups in total. The number of fused-ring (bicyclic) bond motifs is 1. The van der Waals surface area contributed by atoms with Gasteiger partial charge in [-0.2, -0.15) is 4.31 Å². The minimum absolute atomic E-state index is 0.0468. The van der Waals surface area contributed by atoms with E-state index >= 15 is 0 Å². The highest BCUT2D eigenvalue weighted by Crippen LogP contribution is 2.37. The van der Waals surface area contributed by atoms with Crippen LogP contribution in [0.15, 0.2) is 53.6 Å². The Morgan fingerprint density at radius 1 is 1.17 bits per heavy atom. The van der Waals surface area contributed by atoms with Gasteiger partial charge in [0.25, 0.3) is 0 Å². The Balaban J connectivity index is 1.58. The largest absolute Gasteiger partial charge is 0.491 e. The van der Waals surface area contributed by atoms with Gasteiger partial charge in [0.15, 0.2) is 0 Å². The number of hydrogen-bond donors (Lipinski definition) is 0. The average Bonchev–Trinajstić information content (AvgIpc) is 3.32. The molecule has 2 heterocycles. The maximum atomic E-state index is 13.2. The summed E-state index contributed by atoms with van der Waals surface area (Å²) in [6, 6.07) is 12.6. The van der Waals surface area contributed by atoms with Crippen LogP contribution in [0.3, 0.4) is 0 Å². The summed E-state index contributed by atoms with van der Waals surface area (Å²) in [7, 11) is -3.54.